The summed E-state index contributed by atoms with van der Waals surface area (Å²) < 4.78 is 4.84. The fourth-order valence-electron chi connectivity index (χ4n) is 0.644. The van der Waals surface area contributed by atoms with Crippen LogP contribution in [0.4, 0.5) is 0 Å². The molecule has 0 bridgehead atoms. The van der Waals surface area contributed by atoms with E-state index in [2.05, 4.69) is 15.5 Å². The van der Waals surface area contributed by atoms with Crippen molar-refractivity contribution in [1.82, 2.24) is 15.5 Å². The van der Waals surface area contributed by atoms with Crippen LogP contribution >= 0.6 is 0 Å². The van der Waals surface area contributed by atoms with Gasteiger partial charge in [0.1, 0.15) is 0 Å². The standard InChI is InChI=1S/C6H11N3O/c1-3-7-4-6-8-5(2)9-10-6/h7H,3-4H2,1-2H3. The number of hydrogen-bond acceptors (Lipinski definition) is 4. The molecule has 0 fully saturated rings. The van der Waals surface area contributed by atoms with E-state index >= 15 is 0 Å². The summed E-state index contributed by atoms with van der Waals surface area (Å²) in [7, 11) is 0. The molecule has 0 atom stereocenters. The molecule has 0 aliphatic carbocycles. The van der Waals surface area contributed by atoms with Crippen molar-refractivity contribution in [3.8, 4) is 0 Å². The maximum Gasteiger partial charge on any atom is 0.240 e. The highest BCUT2D eigenvalue weighted by Gasteiger charge is 1.98. The van der Waals surface area contributed by atoms with Crippen LogP contribution in [0.15, 0.2) is 4.52 Å². The molecule has 0 saturated carbocycles. The minimum atomic E-state index is 0.652. The van der Waals surface area contributed by atoms with Crippen LogP contribution in [-0.4, -0.2) is 16.7 Å². The lowest BCUT2D eigenvalue weighted by Gasteiger charge is -1.91. The second-order valence-corrected chi connectivity index (χ2v) is 2.02. The quantitative estimate of drug-likeness (QED) is 0.665. The number of hydrogen-bond donors (Lipinski definition) is 1. The van der Waals surface area contributed by atoms with Crippen LogP contribution < -0.4 is 5.32 Å². The van der Waals surface area contributed by atoms with Gasteiger partial charge in [0.15, 0.2) is 5.82 Å². The highest BCUT2D eigenvalue weighted by molar-refractivity contribution is 4.81. The molecule has 0 amide bonds. The molecule has 1 heterocycles. The Morgan fingerprint density at radius 3 is 2.90 bits per heavy atom. The zero-order valence-electron chi connectivity index (χ0n) is 6.22. The van der Waals surface area contributed by atoms with Crippen LogP contribution in [0.3, 0.4) is 0 Å². The average Bonchev–Trinajstić information content (AvgIpc) is 2.31. The van der Waals surface area contributed by atoms with Crippen molar-refractivity contribution in [2.45, 2.75) is 20.4 Å². The molecule has 0 saturated heterocycles. The van der Waals surface area contributed by atoms with Gasteiger partial charge in [-0.1, -0.05) is 12.1 Å². The summed E-state index contributed by atoms with van der Waals surface area (Å²) >= 11 is 0. The number of nitrogens with zero attached hydrogens (tertiary/aromatic N) is 2. The predicted molar refractivity (Wildman–Crippen MR) is 36.4 cm³/mol. The van der Waals surface area contributed by atoms with E-state index in [4.69, 9.17) is 4.52 Å². The summed E-state index contributed by atoms with van der Waals surface area (Å²) in [6.07, 6.45) is 0. The van der Waals surface area contributed by atoms with Crippen LogP contribution in [0.1, 0.15) is 18.6 Å². The fourth-order valence-corrected chi connectivity index (χ4v) is 0.644. The average molecular weight is 141 g/mol. The second kappa shape index (κ2) is 3.31. The summed E-state index contributed by atoms with van der Waals surface area (Å²) in [5, 5.41) is 6.73. The van der Waals surface area contributed by atoms with Gasteiger partial charge in [-0.15, -0.1) is 0 Å². The number of rotatable bonds is 3. The van der Waals surface area contributed by atoms with E-state index in [0.29, 0.717) is 18.3 Å². The summed E-state index contributed by atoms with van der Waals surface area (Å²) in [6, 6.07) is 0. The molecule has 4 nitrogen and oxygen atoms in total. The molecule has 0 spiro atoms. The molecule has 0 aromatic carbocycles. The molecule has 1 rings (SSSR count). The topological polar surface area (TPSA) is 51.0 Å². The van der Waals surface area contributed by atoms with Gasteiger partial charge in [0, 0.05) is 0 Å². The largest absolute Gasteiger partial charge is 0.338 e. The molecule has 1 aromatic heterocycles. The minimum Gasteiger partial charge on any atom is -0.338 e. The lowest BCUT2D eigenvalue weighted by atomic mass is 10.6. The molecule has 4 heteroatoms. The third-order valence-corrected chi connectivity index (χ3v) is 1.10. The van der Waals surface area contributed by atoms with Crippen LogP contribution in [0.2, 0.25) is 0 Å². The van der Waals surface area contributed by atoms with Crippen molar-refractivity contribution >= 4 is 0 Å². The predicted octanol–water partition coefficient (Wildman–Crippen LogP) is 0.488. The van der Waals surface area contributed by atoms with E-state index in [1.165, 1.54) is 0 Å². The maximum absolute atomic E-state index is 4.84. The van der Waals surface area contributed by atoms with E-state index in [1.54, 1.807) is 6.92 Å². The van der Waals surface area contributed by atoms with E-state index in [-0.39, 0.29) is 0 Å². The Balaban J connectivity index is 2.42. The Hall–Kier alpha value is -0.900. The highest BCUT2D eigenvalue weighted by atomic mass is 16.5. The lowest BCUT2D eigenvalue weighted by molar-refractivity contribution is 0.365. The van der Waals surface area contributed by atoms with Gasteiger partial charge in [-0.3, -0.25) is 0 Å². The summed E-state index contributed by atoms with van der Waals surface area (Å²) in [4.78, 5) is 4.01. The minimum absolute atomic E-state index is 0.652. The summed E-state index contributed by atoms with van der Waals surface area (Å²) in [5.41, 5.74) is 0. The lowest BCUT2D eigenvalue weighted by Crippen LogP contribution is -2.11. The van der Waals surface area contributed by atoms with Gasteiger partial charge in [0.05, 0.1) is 6.54 Å². The maximum atomic E-state index is 4.84. The van der Waals surface area contributed by atoms with Crippen molar-refractivity contribution in [2.75, 3.05) is 6.54 Å². The zero-order valence-corrected chi connectivity index (χ0v) is 6.22. The first-order valence-corrected chi connectivity index (χ1v) is 3.33. The Morgan fingerprint density at radius 2 is 2.40 bits per heavy atom. The van der Waals surface area contributed by atoms with Crippen LogP contribution in [0, 0.1) is 6.92 Å². The van der Waals surface area contributed by atoms with Crippen LogP contribution in [0.25, 0.3) is 0 Å². The molecule has 56 valence electrons. The number of aromatic nitrogens is 2. The molecular formula is C6H11N3O. The van der Waals surface area contributed by atoms with E-state index in [1.807, 2.05) is 6.92 Å². The van der Waals surface area contributed by atoms with Crippen molar-refractivity contribution in [1.29, 1.82) is 0 Å². The van der Waals surface area contributed by atoms with Crippen molar-refractivity contribution in [3.63, 3.8) is 0 Å². The molecule has 0 aliphatic heterocycles. The first-order valence-electron chi connectivity index (χ1n) is 3.33. The highest BCUT2D eigenvalue weighted by Crippen LogP contribution is 1.93. The molecule has 0 unspecified atom stereocenters. The van der Waals surface area contributed by atoms with E-state index < -0.39 is 0 Å². The van der Waals surface area contributed by atoms with Crippen LogP contribution in [0.5, 0.6) is 0 Å². The SMILES string of the molecule is CCNCc1nc(C)no1. The zero-order chi connectivity index (χ0) is 7.40. The van der Waals surface area contributed by atoms with Gasteiger partial charge in [0.25, 0.3) is 0 Å². The van der Waals surface area contributed by atoms with Crippen LogP contribution in [-0.2, 0) is 6.54 Å². The van der Waals surface area contributed by atoms with Crippen molar-refractivity contribution < 1.29 is 4.52 Å². The monoisotopic (exact) mass is 141 g/mol. The Labute approximate surface area is 59.6 Å². The normalized spacial score (nSPS) is 10.2. The second-order valence-electron chi connectivity index (χ2n) is 2.02. The smallest absolute Gasteiger partial charge is 0.240 e. The Morgan fingerprint density at radius 1 is 1.60 bits per heavy atom. The molecule has 1 aromatic rings. The van der Waals surface area contributed by atoms with Crippen molar-refractivity contribution in [2.24, 2.45) is 0 Å². The Bertz CT molecular complexity index is 197. The molecule has 0 aliphatic rings. The molecule has 10 heavy (non-hydrogen) atoms. The first kappa shape index (κ1) is 7.21. The Kier molecular flexibility index (Phi) is 2.39. The van der Waals surface area contributed by atoms with Gasteiger partial charge in [0.2, 0.25) is 5.89 Å². The molecule has 1 N–H and O–H groups in total. The third-order valence-electron chi connectivity index (χ3n) is 1.10. The fraction of sp³-hybridized carbons (Fsp3) is 0.667. The molecular weight excluding hydrogens is 130 g/mol. The first-order chi connectivity index (χ1) is 4.83. The van der Waals surface area contributed by atoms with E-state index in [9.17, 15) is 0 Å². The van der Waals surface area contributed by atoms with E-state index in [0.717, 1.165) is 6.54 Å². The van der Waals surface area contributed by atoms with Gasteiger partial charge in [-0.25, -0.2) is 0 Å². The number of nitrogens with one attached hydrogen (secondary N) is 1. The van der Waals surface area contributed by atoms with Gasteiger partial charge < -0.3 is 9.84 Å². The van der Waals surface area contributed by atoms with Gasteiger partial charge >= 0.3 is 0 Å². The molecule has 0 radical (unpaired) electrons. The summed E-state index contributed by atoms with van der Waals surface area (Å²) in [6.45, 7) is 5.42. The van der Waals surface area contributed by atoms with Crippen molar-refractivity contribution in [3.05, 3.63) is 11.7 Å². The van der Waals surface area contributed by atoms with Gasteiger partial charge in [-0.05, 0) is 13.5 Å². The summed E-state index contributed by atoms with van der Waals surface area (Å²) in [5.74, 6) is 1.34. The number of aryl methyl sites for hydroxylation is 1. The van der Waals surface area contributed by atoms with Gasteiger partial charge in [-0.2, -0.15) is 4.98 Å². The third kappa shape index (κ3) is 1.80.